The zero-order chi connectivity index (χ0) is 15.3. The van der Waals surface area contributed by atoms with Crippen molar-refractivity contribution in [1.82, 2.24) is 5.32 Å². The topological polar surface area (TPSA) is 75.6 Å². The lowest BCUT2D eigenvalue weighted by molar-refractivity contribution is 0.287. The zero-order valence-corrected chi connectivity index (χ0v) is 12.8. The van der Waals surface area contributed by atoms with Crippen LogP contribution in [0.4, 0.5) is 0 Å². The third kappa shape index (κ3) is 5.30. The molecule has 0 fully saturated rings. The van der Waals surface area contributed by atoms with Crippen molar-refractivity contribution in [3.8, 4) is 0 Å². The minimum absolute atomic E-state index is 0.00931. The fraction of sp³-hybridized carbons (Fsp3) is 0.214. The molecule has 2 aromatic rings. The molecule has 0 saturated carbocycles. The van der Waals surface area contributed by atoms with E-state index in [2.05, 4.69) is 5.32 Å². The number of rotatable bonds is 5. The molecular weight excluding hydrogens is 310 g/mol. The van der Waals surface area contributed by atoms with E-state index in [-0.39, 0.29) is 11.7 Å². The van der Waals surface area contributed by atoms with Gasteiger partial charge in [0.05, 0.1) is 5.75 Å². The SMILES string of the molecule is O=S(=O)(O)CCNC(=S)OCc1ccc2ccccc2c1. The first-order chi connectivity index (χ1) is 9.94. The van der Waals surface area contributed by atoms with E-state index in [4.69, 9.17) is 21.5 Å². The van der Waals surface area contributed by atoms with Gasteiger partial charge in [-0.2, -0.15) is 8.42 Å². The van der Waals surface area contributed by atoms with Crippen LogP contribution in [0.5, 0.6) is 0 Å². The smallest absolute Gasteiger partial charge is 0.266 e. The van der Waals surface area contributed by atoms with Crippen molar-refractivity contribution in [3.63, 3.8) is 0 Å². The molecule has 0 unspecified atom stereocenters. The van der Waals surface area contributed by atoms with Crippen molar-refractivity contribution < 1.29 is 17.7 Å². The van der Waals surface area contributed by atoms with Gasteiger partial charge >= 0.3 is 0 Å². The molecule has 0 amide bonds. The van der Waals surface area contributed by atoms with Crippen LogP contribution in [0, 0.1) is 0 Å². The number of ether oxygens (including phenoxy) is 1. The Bertz CT molecular complexity index is 743. The van der Waals surface area contributed by atoms with Crippen LogP contribution in [0.2, 0.25) is 0 Å². The van der Waals surface area contributed by atoms with E-state index in [0.717, 1.165) is 16.3 Å². The predicted molar refractivity (Wildman–Crippen MR) is 85.8 cm³/mol. The Balaban J connectivity index is 1.85. The Kier molecular flexibility index (Phi) is 5.11. The number of benzene rings is 2. The number of fused-ring (bicyclic) bond motifs is 1. The Morgan fingerprint density at radius 3 is 2.62 bits per heavy atom. The quantitative estimate of drug-likeness (QED) is 0.648. The molecule has 0 spiro atoms. The van der Waals surface area contributed by atoms with E-state index in [1.54, 1.807) is 0 Å². The number of thiocarbonyl (C=S) groups is 1. The molecule has 112 valence electrons. The van der Waals surface area contributed by atoms with Crippen molar-refractivity contribution in [3.05, 3.63) is 48.0 Å². The fourth-order valence-corrected chi connectivity index (χ4v) is 2.33. The van der Waals surface area contributed by atoms with E-state index in [1.165, 1.54) is 0 Å². The maximum absolute atomic E-state index is 10.5. The molecule has 0 aromatic heterocycles. The molecule has 2 aromatic carbocycles. The van der Waals surface area contributed by atoms with Crippen LogP contribution >= 0.6 is 12.2 Å². The third-order valence-electron chi connectivity index (χ3n) is 2.81. The molecule has 0 aliphatic heterocycles. The molecule has 0 aliphatic rings. The normalized spacial score (nSPS) is 11.3. The summed E-state index contributed by atoms with van der Waals surface area (Å²) in [6, 6.07) is 14.0. The summed E-state index contributed by atoms with van der Waals surface area (Å²) in [5.41, 5.74) is 0.965. The minimum atomic E-state index is -3.99. The summed E-state index contributed by atoms with van der Waals surface area (Å²) in [6.07, 6.45) is 0. The lowest BCUT2D eigenvalue weighted by Gasteiger charge is -2.09. The molecule has 0 radical (unpaired) electrons. The van der Waals surface area contributed by atoms with Crippen molar-refractivity contribution in [2.75, 3.05) is 12.3 Å². The summed E-state index contributed by atoms with van der Waals surface area (Å²) in [6.45, 7) is 0.304. The van der Waals surface area contributed by atoms with Crippen LogP contribution in [-0.4, -0.2) is 30.4 Å². The lowest BCUT2D eigenvalue weighted by atomic mass is 10.1. The second kappa shape index (κ2) is 6.84. The van der Waals surface area contributed by atoms with Crippen molar-refractivity contribution >= 4 is 38.3 Å². The van der Waals surface area contributed by atoms with Gasteiger partial charge in [-0.1, -0.05) is 36.4 Å². The van der Waals surface area contributed by atoms with Gasteiger partial charge in [0.25, 0.3) is 15.3 Å². The monoisotopic (exact) mass is 325 g/mol. The second-order valence-corrected chi connectivity index (χ2v) is 6.41. The van der Waals surface area contributed by atoms with Gasteiger partial charge in [0.15, 0.2) is 0 Å². The van der Waals surface area contributed by atoms with E-state index >= 15 is 0 Å². The van der Waals surface area contributed by atoms with E-state index in [0.29, 0.717) is 6.61 Å². The van der Waals surface area contributed by atoms with Gasteiger partial charge < -0.3 is 10.1 Å². The van der Waals surface area contributed by atoms with Gasteiger partial charge in [-0.15, -0.1) is 0 Å². The minimum Gasteiger partial charge on any atom is -0.466 e. The molecule has 0 aliphatic carbocycles. The molecular formula is C14H15NO4S2. The first kappa shape index (κ1) is 15.7. The van der Waals surface area contributed by atoms with Gasteiger partial charge in [0.1, 0.15) is 6.61 Å². The number of nitrogens with one attached hydrogen (secondary N) is 1. The molecule has 2 rings (SSSR count). The highest BCUT2D eigenvalue weighted by molar-refractivity contribution is 7.85. The fourth-order valence-electron chi connectivity index (χ4n) is 1.81. The van der Waals surface area contributed by atoms with Gasteiger partial charge in [0.2, 0.25) is 0 Å². The second-order valence-electron chi connectivity index (χ2n) is 4.47. The van der Waals surface area contributed by atoms with E-state index in [9.17, 15) is 8.42 Å². The molecule has 2 N–H and O–H groups in total. The molecule has 0 atom stereocenters. The highest BCUT2D eigenvalue weighted by Crippen LogP contribution is 2.16. The molecule has 0 saturated heterocycles. The summed E-state index contributed by atoms with van der Waals surface area (Å²) < 4.78 is 35.0. The lowest BCUT2D eigenvalue weighted by Crippen LogP contribution is -2.29. The maximum atomic E-state index is 10.5. The summed E-state index contributed by atoms with van der Waals surface area (Å²) in [7, 11) is -3.99. The van der Waals surface area contributed by atoms with Crippen LogP contribution in [0.25, 0.3) is 10.8 Å². The third-order valence-corrected chi connectivity index (χ3v) is 3.80. The molecule has 5 nitrogen and oxygen atoms in total. The average molecular weight is 325 g/mol. The average Bonchev–Trinajstić information content (AvgIpc) is 2.43. The molecule has 0 heterocycles. The van der Waals surface area contributed by atoms with Gasteiger partial charge in [-0.25, -0.2) is 0 Å². The first-order valence-corrected chi connectivity index (χ1v) is 8.29. The Labute approximate surface area is 128 Å². The summed E-state index contributed by atoms with van der Waals surface area (Å²) >= 11 is 4.93. The summed E-state index contributed by atoms with van der Waals surface area (Å²) in [5, 5.41) is 4.98. The Morgan fingerprint density at radius 1 is 1.19 bits per heavy atom. The van der Waals surface area contributed by atoms with Crippen LogP contribution in [-0.2, 0) is 21.5 Å². The van der Waals surface area contributed by atoms with Crippen LogP contribution in [0.15, 0.2) is 42.5 Å². The Morgan fingerprint density at radius 2 is 1.90 bits per heavy atom. The van der Waals surface area contributed by atoms with Crippen molar-refractivity contribution in [1.29, 1.82) is 0 Å². The number of hydrogen-bond acceptors (Lipinski definition) is 4. The van der Waals surface area contributed by atoms with Crippen LogP contribution in [0.1, 0.15) is 5.56 Å². The number of hydrogen-bond donors (Lipinski definition) is 2. The van der Waals surface area contributed by atoms with Crippen molar-refractivity contribution in [2.24, 2.45) is 0 Å². The van der Waals surface area contributed by atoms with Crippen molar-refractivity contribution in [2.45, 2.75) is 6.61 Å². The van der Waals surface area contributed by atoms with Crippen LogP contribution in [0.3, 0.4) is 0 Å². The standard InChI is InChI=1S/C14H15NO4S2/c16-21(17,18)8-7-15-14(20)19-10-11-5-6-12-3-1-2-4-13(12)9-11/h1-6,9H,7-8,10H2,(H,15,20)(H,16,17,18). The highest BCUT2D eigenvalue weighted by Gasteiger charge is 2.05. The van der Waals surface area contributed by atoms with E-state index < -0.39 is 15.9 Å². The zero-order valence-electron chi connectivity index (χ0n) is 11.2. The molecule has 7 heteroatoms. The summed E-state index contributed by atoms with van der Waals surface area (Å²) in [4.78, 5) is 0. The molecule has 0 bridgehead atoms. The Hall–Kier alpha value is -1.70. The van der Waals surface area contributed by atoms with Gasteiger partial charge in [-0.3, -0.25) is 4.55 Å². The maximum Gasteiger partial charge on any atom is 0.266 e. The van der Waals surface area contributed by atoms with E-state index in [1.807, 2.05) is 42.5 Å². The largest absolute Gasteiger partial charge is 0.466 e. The summed E-state index contributed by atoms with van der Waals surface area (Å²) in [5.74, 6) is -0.410. The van der Waals surface area contributed by atoms with Gasteiger partial charge in [0, 0.05) is 6.54 Å². The van der Waals surface area contributed by atoms with Crippen LogP contribution < -0.4 is 5.32 Å². The van der Waals surface area contributed by atoms with Gasteiger partial charge in [-0.05, 0) is 34.6 Å². The predicted octanol–water partition coefficient (Wildman–Crippen LogP) is 2.12. The highest BCUT2D eigenvalue weighted by atomic mass is 32.2. The first-order valence-electron chi connectivity index (χ1n) is 6.27. The molecule has 21 heavy (non-hydrogen) atoms.